The monoisotopic (exact) mass is 306 g/mol. The fraction of sp³-hybridized carbons (Fsp3) is 0.333. The smallest absolute Gasteiger partial charge is 0.223 e. The lowest BCUT2D eigenvalue weighted by atomic mass is 10.1. The Hall–Kier alpha value is -1.85. The van der Waals surface area contributed by atoms with Gasteiger partial charge in [-0.15, -0.1) is 0 Å². The van der Waals surface area contributed by atoms with Gasteiger partial charge in [0.15, 0.2) is 11.7 Å². The van der Waals surface area contributed by atoms with Gasteiger partial charge in [-0.25, -0.2) is 4.98 Å². The second kappa shape index (κ2) is 5.87. The SMILES string of the molecule is O=C(CCc1ncc(-c2ccccc2Cl)o1)N1CC(O)C1. The average Bonchev–Trinajstić information content (AvgIpc) is 2.90. The van der Waals surface area contributed by atoms with Crippen LogP contribution in [0.15, 0.2) is 34.9 Å². The molecule has 0 spiro atoms. The van der Waals surface area contributed by atoms with Crippen LogP contribution >= 0.6 is 11.6 Å². The molecule has 110 valence electrons. The van der Waals surface area contributed by atoms with Gasteiger partial charge < -0.3 is 14.4 Å². The Labute approximate surface area is 127 Å². The first kappa shape index (κ1) is 14.1. The third-order valence-electron chi connectivity index (χ3n) is 3.46. The van der Waals surface area contributed by atoms with Gasteiger partial charge in [-0.3, -0.25) is 4.79 Å². The summed E-state index contributed by atoms with van der Waals surface area (Å²) in [7, 11) is 0. The summed E-state index contributed by atoms with van der Waals surface area (Å²) in [5.74, 6) is 1.12. The molecule has 1 saturated heterocycles. The van der Waals surface area contributed by atoms with Crippen LogP contribution in [0, 0.1) is 0 Å². The van der Waals surface area contributed by atoms with Crippen molar-refractivity contribution in [1.29, 1.82) is 0 Å². The number of β-amino-alcohol motifs (C(OH)–C–C–N with tert-alkyl or cyclic N) is 1. The van der Waals surface area contributed by atoms with Crippen LogP contribution in [0.2, 0.25) is 5.02 Å². The van der Waals surface area contributed by atoms with E-state index in [0.717, 1.165) is 5.56 Å². The van der Waals surface area contributed by atoms with Gasteiger partial charge in [-0.1, -0.05) is 23.7 Å². The van der Waals surface area contributed by atoms with Crippen LogP contribution in [-0.4, -0.2) is 40.1 Å². The Balaban J connectivity index is 1.61. The molecule has 21 heavy (non-hydrogen) atoms. The number of hydrogen-bond donors (Lipinski definition) is 1. The zero-order valence-electron chi connectivity index (χ0n) is 11.3. The maximum absolute atomic E-state index is 11.8. The molecule has 3 rings (SSSR count). The minimum atomic E-state index is -0.373. The Bertz CT molecular complexity index is 650. The number of carbonyl (C=O) groups excluding carboxylic acids is 1. The molecule has 0 radical (unpaired) electrons. The Morgan fingerprint density at radius 2 is 2.19 bits per heavy atom. The predicted molar refractivity (Wildman–Crippen MR) is 77.9 cm³/mol. The Kier molecular flexibility index (Phi) is 3.94. The van der Waals surface area contributed by atoms with E-state index in [1.54, 1.807) is 17.2 Å². The van der Waals surface area contributed by atoms with E-state index >= 15 is 0 Å². The number of rotatable bonds is 4. The molecule has 0 bridgehead atoms. The molecule has 1 aliphatic heterocycles. The van der Waals surface area contributed by atoms with Crippen LogP contribution in [0.1, 0.15) is 12.3 Å². The molecule has 0 unspecified atom stereocenters. The summed E-state index contributed by atoms with van der Waals surface area (Å²) < 4.78 is 5.64. The zero-order valence-corrected chi connectivity index (χ0v) is 12.1. The molecule has 5 nitrogen and oxygen atoms in total. The summed E-state index contributed by atoms with van der Waals surface area (Å²) in [5.41, 5.74) is 0.787. The number of aryl methyl sites for hydroxylation is 1. The van der Waals surface area contributed by atoms with Gasteiger partial charge in [-0.2, -0.15) is 0 Å². The van der Waals surface area contributed by atoms with Crippen molar-refractivity contribution in [2.75, 3.05) is 13.1 Å². The molecule has 1 aromatic heterocycles. The second-order valence-electron chi connectivity index (χ2n) is 5.05. The lowest BCUT2D eigenvalue weighted by Crippen LogP contribution is -2.53. The second-order valence-corrected chi connectivity index (χ2v) is 5.46. The highest BCUT2D eigenvalue weighted by atomic mass is 35.5. The van der Waals surface area contributed by atoms with E-state index < -0.39 is 0 Å². The molecule has 1 fully saturated rings. The molecular weight excluding hydrogens is 292 g/mol. The molecule has 2 aromatic rings. The van der Waals surface area contributed by atoms with Crippen LogP contribution in [0.4, 0.5) is 0 Å². The Morgan fingerprint density at radius 1 is 1.43 bits per heavy atom. The number of hydrogen-bond acceptors (Lipinski definition) is 4. The molecule has 1 amide bonds. The third kappa shape index (κ3) is 3.09. The molecule has 2 heterocycles. The van der Waals surface area contributed by atoms with Gasteiger partial charge in [0.2, 0.25) is 5.91 Å². The highest BCUT2D eigenvalue weighted by molar-refractivity contribution is 6.33. The number of halogens is 1. The number of aromatic nitrogens is 1. The first-order chi connectivity index (χ1) is 10.1. The first-order valence-electron chi connectivity index (χ1n) is 6.79. The lowest BCUT2D eigenvalue weighted by Gasteiger charge is -2.35. The summed E-state index contributed by atoms with van der Waals surface area (Å²) in [6.45, 7) is 0.852. The van der Waals surface area contributed by atoms with Crippen molar-refractivity contribution < 1.29 is 14.3 Å². The molecule has 1 aromatic carbocycles. The minimum Gasteiger partial charge on any atom is -0.441 e. The molecule has 0 aliphatic carbocycles. The molecule has 1 aliphatic rings. The van der Waals surface area contributed by atoms with Gasteiger partial charge in [0.1, 0.15) is 0 Å². The number of aliphatic hydroxyl groups excluding tert-OH is 1. The Morgan fingerprint density at radius 3 is 2.90 bits per heavy atom. The van der Waals surface area contributed by atoms with E-state index in [1.807, 2.05) is 18.2 Å². The molecular formula is C15H15ClN2O3. The van der Waals surface area contributed by atoms with Crippen molar-refractivity contribution in [2.24, 2.45) is 0 Å². The minimum absolute atomic E-state index is 0.0118. The van der Waals surface area contributed by atoms with Gasteiger partial charge in [-0.05, 0) is 12.1 Å². The van der Waals surface area contributed by atoms with E-state index in [4.69, 9.17) is 16.0 Å². The summed E-state index contributed by atoms with van der Waals surface area (Å²) in [5, 5.41) is 9.77. The van der Waals surface area contributed by atoms with Crippen molar-refractivity contribution in [2.45, 2.75) is 18.9 Å². The normalized spacial score (nSPS) is 15.0. The number of amides is 1. The van der Waals surface area contributed by atoms with Crippen LogP contribution < -0.4 is 0 Å². The largest absolute Gasteiger partial charge is 0.441 e. The molecule has 0 saturated carbocycles. The first-order valence-corrected chi connectivity index (χ1v) is 7.17. The summed E-state index contributed by atoms with van der Waals surface area (Å²) in [6, 6.07) is 7.38. The molecule has 0 atom stereocenters. The average molecular weight is 307 g/mol. The fourth-order valence-electron chi connectivity index (χ4n) is 2.24. The highest BCUT2D eigenvalue weighted by Crippen LogP contribution is 2.28. The van der Waals surface area contributed by atoms with Gasteiger partial charge in [0.05, 0.1) is 17.3 Å². The van der Waals surface area contributed by atoms with Crippen LogP contribution in [0.5, 0.6) is 0 Å². The van der Waals surface area contributed by atoms with Crippen LogP contribution in [0.25, 0.3) is 11.3 Å². The van der Waals surface area contributed by atoms with E-state index in [0.29, 0.717) is 42.6 Å². The number of oxazole rings is 1. The van der Waals surface area contributed by atoms with Gasteiger partial charge in [0.25, 0.3) is 0 Å². The number of nitrogens with zero attached hydrogens (tertiary/aromatic N) is 2. The standard InChI is InChI=1S/C15H15ClN2O3/c16-12-4-2-1-3-11(12)13-7-17-14(21-13)5-6-15(20)18-8-10(19)9-18/h1-4,7,10,19H,5-6,8-9H2. The quantitative estimate of drug-likeness (QED) is 0.939. The molecule has 6 heteroatoms. The zero-order chi connectivity index (χ0) is 14.8. The van der Waals surface area contributed by atoms with Gasteiger partial charge in [0, 0.05) is 31.5 Å². The lowest BCUT2D eigenvalue weighted by molar-refractivity contribution is -0.141. The fourth-order valence-corrected chi connectivity index (χ4v) is 2.47. The maximum atomic E-state index is 11.8. The maximum Gasteiger partial charge on any atom is 0.223 e. The van der Waals surface area contributed by atoms with E-state index in [-0.39, 0.29) is 12.0 Å². The summed E-state index contributed by atoms with van der Waals surface area (Å²) in [4.78, 5) is 17.6. The number of carbonyl (C=O) groups is 1. The number of likely N-dealkylation sites (tertiary alicyclic amines) is 1. The third-order valence-corrected chi connectivity index (χ3v) is 3.79. The predicted octanol–water partition coefficient (Wildman–Crippen LogP) is 2.13. The van der Waals surface area contributed by atoms with Crippen molar-refractivity contribution in [3.63, 3.8) is 0 Å². The number of benzene rings is 1. The van der Waals surface area contributed by atoms with Crippen LogP contribution in [-0.2, 0) is 11.2 Å². The topological polar surface area (TPSA) is 66.6 Å². The highest BCUT2D eigenvalue weighted by Gasteiger charge is 2.28. The summed E-state index contributed by atoms with van der Waals surface area (Å²) in [6.07, 6.45) is 2.02. The van der Waals surface area contributed by atoms with Crippen molar-refractivity contribution >= 4 is 17.5 Å². The van der Waals surface area contributed by atoms with Crippen molar-refractivity contribution in [3.05, 3.63) is 41.4 Å². The molecule has 1 N–H and O–H groups in total. The van der Waals surface area contributed by atoms with E-state index in [1.165, 1.54) is 0 Å². The van der Waals surface area contributed by atoms with E-state index in [2.05, 4.69) is 4.98 Å². The van der Waals surface area contributed by atoms with Crippen molar-refractivity contribution in [1.82, 2.24) is 9.88 Å². The van der Waals surface area contributed by atoms with Crippen LogP contribution in [0.3, 0.4) is 0 Å². The van der Waals surface area contributed by atoms with Gasteiger partial charge >= 0.3 is 0 Å². The summed E-state index contributed by atoms with van der Waals surface area (Å²) >= 11 is 6.10. The van der Waals surface area contributed by atoms with Crippen molar-refractivity contribution in [3.8, 4) is 11.3 Å². The number of aliphatic hydroxyl groups is 1. The van der Waals surface area contributed by atoms with E-state index in [9.17, 15) is 9.90 Å².